The maximum atomic E-state index is 3.60. The molecule has 0 aromatic heterocycles. The molecule has 0 nitrogen and oxygen atoms in total. The molecule has 0 heterocycles. The third-order valence-corrected chi connectivity index (χ3v) is 1.06. The molecule has 0 saturated heterocycles. The minimum atomic E-state index is 0. The van der Waals surface area contributed by atoms with Gasteiger partial charge in [0.15, 0.2) is 0 Å². The van der Waals surface area contributed by atoms with Crippen LogP contribution in [0.15, 0.2) is 0 Å². The molecule has 0 spiro atoms. The second kappa shape index (κ2) is 47.3. The molecule has 0 aliphatic rings. The molecule has 14 heavy (non-hydrogen) atoms. The van der Waals surface area contributed by atoms with Crippen LogP contribution in [0, 0.1) is 20.8 Å². The molecule has 0 unspecified atom stereocenters. The fourth-order valence-electron chi connectivity index (χ4n) is 0. The quantitative estimate of drug-likeness (QED) is 0.481. The summed E-state index contributed by atoms with van der Waals surface area (Å²) in [6.07, 6.45) is 6.83. The Bertz CT molecular complexity index is 25.8. The van der Waals surface area contributed by atoms with E-state index >= 15 is 0 Å². The average molecular weight is 203 g/mol. The normalized spacial score (nSPS) is 6.43. The first-order valence-electron chi connectivity index (χ1n) is 5.12. The van der Waals surface area contributed by atoms with Gasteiger partial charge in [0.1, 0.15) is 0 Å². The Hall–Kier alpha value is 1.36. The molecule has 0 aliphatic heterocycles. The molecule has 0 saturated carbocycles. The minimum Gasteiger partial charge on any atom is -0.343 e. The molecule has 0 aromatic carbocycles. The fourth-order valence-corrected chi connectivity index (χ4v) is 0. The first kappa shape index (κ1) is 29.5. The summed E-state index contributed by atoms with van der Waals surface area (Å²) < 4.78 is 0. The van der Waals surface area contributed by atoms with Crippen molar-refractivity contribution in [2.45, 2.75) is 59.3 Å². The van der Waals surface area contributed by atoms with E-state index in [2.05, 4.69) is 41.5 Å². The van der Waals surface area contributed by atoms with Gasteiger partial charge in [0.05, 0.1) is 0 Å². The molecular formula is C12H27LiMg. The van der Waals surface area contributed by atoms with E-state index in [1.165, 1.54) is 19.3 Å². The summed E-state index contributed by atoms with van der Waals surface area (Å²) in [5, 5.41) is 0. The van der Waals surface area contributed by atoms with Crippen molar-refractivity contribution in [2.24, 2.45) is 0 Å². The van der Waals surface area contributed by atoms with Crippen molar-refractivity contribution in [2.75, 3.05) is 0 Å². The average Bonchev–Trinajstić information content (AvgIpc) is 2.18. The SMILES string of the molecule is [CH2-]CCC.[CH2-]CCC.[CH2-]CCC.[Li+].[Mg+2]. The van der Waals surface area contributed by atoms with Crippen LogP contribution in [0.3, 0.4) is 0 Å². The molecule has 0 rings (SSSR count). The first-order valence-corrected chi connectivity index (χ1v) is 5.12. The molecular weight excluding hydrogens is 175 g/mol. The van der Waals surface area contributed by atoms with Gasteiger partial charge in [0, 0.05) is 0 Å². The van der Waals surface area contributed by atoms with Crippen molar-refractivity contribution in [1.29, 1.82) is 0 Å². The standard InChI is InChI=1S/3C4H9.Li.Mg/c3*1-3-4-2;;/h3*1,3-4H2,2H3;;/q3*-1;+1;+2. The van der Waals surface area contributed by atoms with Crippen molar-refractivity contribution in [1.82, 2.24) is 0 Å². The largest absolute Gasteiger partial charge is 2.00 e. The molecule has 0 radical (unpaired) electrons. The Labute approximate surface area is 121 Å². The van der Waals surface area contributed by atoms with Crippen LogP contribution in [0.2, 0.25) is 0 Å². The van der Waals surface area contributed by atoms with E-state index in [9.17, 15) is 0 Å². The molecule has 0 aliphatic carbocycles. The van der Waals surface area contributed by atoms with E-state index in [0.29, 0.717) is 0 Å². The van der Waals surface area contributed by atoms with Crippen LogP contribution in [0.25, 0.3) is 0 Å². The Morgan fingerprint density at radius 1 is 0.643 bits per heavy atom. The molecule has 2 heteroatoms. The Morgan fingerprint density at radius 2 is 0.714 bits per heavy atom. The third-order valence-electron chi connectivity index (χ3n) is 1.06. The molecule has 0 N–H and O–H groups in total. The van der Waals surface area contributed by atoms with Crippen molar-refractivity contribution < 1.29 is 18.9 Å². The van der Waals surface area contributed by atoms with Gasteiger partial charge in [-0.2, -0.15) is 19.3 Å². The van der Waals surface area contributed by atoms with Gasteiger partial charge in [-0.05, 0) is 0 Å². The maximum Gasteiger partial charge on any atom is 2.00 e. The Balaban J connectivity index is -0.0000000270. The monoisotopic (exact) mass is 202 g/mol. The van der Waals surface area contributed by atoms with Crippen LogP contribution in [-0.4, -0.2) is 23.1 Å². The first-order chi connectivity index (χ1) is 5.74. The number of unbranched alkanes of at least 4 members (excludes halogenated alkanes) is 3. The van der Waals surface area contributed by atoms with Crippen LogP contribution in [0.1, 0.15) is 59.3 Å². The predicted octanol–water partition coefficient (Wildman–Crippen LogP) is 1.48. The van der Waals surface area contributed by atoms with Gasteiger partial charge in [0.2, 0.25) is 0 Å². The Morgan fingerprint density at radius 3 is 0.714 bits per heavy atom. The van der Waals surface area contributed by atoms with Crippen molar-refractivity contribution in [3.63, 3.8) is 0 Å². The van der Waals surface area contributed by atoms with Gasteiger partial charge in [-0.15, -0.1) is 0 Å². The minimum absolute atomic E-state index is 0. The molecule has 0 atom stereocenters. The van der Waals surface area contributed by atoms with Gasteiger partial charge >= 0.3 is 41.9 Å². The zero-order valence-electron chi connectivity index (χ0n) is 11.1. The summed E-state index contributed by atoms with van der Waals surface area (Å²) in [6, 6.07) is 0. The van der Waals surface area contributed by atoms with Crippen molar-refractivity contribution in [3.05, 3.63) is 20.8 Å². The van der Waals surface area contributed by atoms with Crippen LogP contribution in [0.5, 0.6) is 0 Å². The van der Waals surface area contributed by atoms with E-state index in [0.717, 1.165) is 19.3 Å². The molecule has 78 valence electrons. The third kappa shape index (κ3) is 107. The van der Waals surface area contributed by atoms with Crippen LogP contribution >= 0.6 is 0 Å². The zero-order chi connectivity index (χ0) is 10.2. The summed E-state index contributed by atoms with van der Waals surface area (Å²) in [7, 11) is 0. The van der Waals surface area contributed by atoms with Crippen LogP contribution in [-0.2, 0) is 0 Å². The summed E-state index contributed by atoms with van der Waals surface area (Å²) in [6.45, 7) is 17.2. The summed E-state index contributed by atoms with van der Waals surface area (Å²) in [5.74, 6) is 0. The van der Waals surface area contributed by atoms with E-state index in [1.54, 1.807) is 0 Å². The summed E-state index contributed by atoms with van der Waals surface area (Å²) in [5.41, 5.74) is 0. The van der Waals surface area contributed by atoms with Crippen LogP contribution in [0.4, 0.5) is 0 Å². The molecule has 0 bridgehead atoms. The second-order valence-electron chi connectivity index (χ2n) is 2.56. The fraction of sp³-hybridized carbons (Fsp3) is 0.750. The van der Waals surface area contributed by atoms with Gasteiger partial charge in [-0.1, -0.05) is 40.0 Å². The van der Waals surface area contributed by atoms with Gasteiger partial charge in [-0.25, -0.2) is 0 Å². The zero-order valence-corrected chi connectivity index (χ0v) is 12.5. The van der Waals surface area contributed by atoms with Crippen molar-refractivity contribution in [3.8, 4) is 0 Å². The summed E-state index contributed by atoms with van der Waals surface area (Å²) >= 11 is 0. The topological polar surface area (TPSA) is 0 Å². The van der Waals surface area contributed by atoms with Gasteiger partial charge in [0.25, 0.3) is 0 Å². The van der Waals surface area contributed by atoms with Gasteiger partial charge < -0.3 is 20.8 Å². The smallest absolute Gasteiger partial charge is 0.343 e. The predicted molar refractivity (Wildman–Crippen MR) is 66.5 cm³/mol. The molecule has 0 amide bonds. The maximum absolute atomic E-state index is 3.60. The number of hydrogen-bond acceptors (Lipinski definition) is 0. The van der Waals surface area contributed by atoms with E-state index in [1.807, 2.05) is 0 Å². The van der Waals surface area contributed by atoms with E-state index in [4.69, 9.17) is 0 Å². The molecule has 0 fully saturated rings. The number of hydrogen-bond donors (Lipinski definition) is 0. The Kier molecular flexibility index (Phi) is 99.7. The summed E-state index contributed by atoms with van der Waals surface area (Å²) in [4.78, 5) is 0. The number of rotatable bonds is 3. The van der Waals surface area contributed by atoms with Gasteiger partial charge in [-0.3, -0.25) is 0 Å². The van der Waals surface area contributed by atoms with Crippen molar-refractivity contribution >= 4 is 23.1 Å². The van der Waals surface area contributed by atoms with E-state index in [-0.39, 0.29) is 41.9 Å². The second-order valence-corrected chi connectivity index (χ2v) is 2.56. The molecule has 0 aromatic rings. The van der Waals surface area contributed by atoms with Crippen LogP contribution < -0.4 is 18.9 Å². The van der Waals surface area contributed by atoms with E-state index < -0.39 is 0 Å².